The number of halogens is 1. The van der Waals surface area contributed by atoms with Gasteiger partial charge in [-0.15, -0.1) is 12.4 Å². The zero-order valence-corrected chi connectivity index (χ0v) is 14.0. The van der Waals surface area contributed by atoms with Gasteiger partial charge < -0.3 is 5.32 Å². The SMILES string of the molecule is CCCC(C)CS(=O)(=O)N1CCC(CNC)CC1.Cl. The fourth-order valence-electron chi connectivity index (χ4n) is 2.72. The Balaban J connectivity index is 0.00000324. The molecule has 0 spiro atoms. The second kappa shape index (κ2) is 9.16. The first-order valence-corrected chi connectivity index (χ1v) is 8.73. The fraction of sp³-hybridized carbons (Fsp3) is 1.00. The van der Waals surface area contributed by atoms with Crippen molar-refractivity contribution in [3.63, 3.8) is 0 Å². The molecule has 1 unspecified atom stereocenters. The largest absolute Gasteiger partial charge is 0.319 e. The Morgan fingerprint density at radius 1 is 1.32 bits per heavy atom. The molecule has 116 valence electrons. The lowest BCUT2D eigenvalue weighted by molar-refractivity contribution is 0.269. The molecule has 0 radical (unpaired) electrons. The number of nitrogens with one attached hydrogen (secondary N) is 1. The van der Waals surface area contributed by atoms with E-state index in [4.69, 9.17) is 0 Å². The van der Waals surface area contributed by atoms with Crippen LogP contribution in [-0.4, -0.2) is 45.2 Å². The van der Waals surface area contributed by atoms with Gasteiger partial charge in [-0.3, -0.25) is 0 Å². The van der Waals surface area contributed by atoms with E-state index >= 15 is 0 Å². The van der Waals surface area contributed by atoms with Gasteiger partial charge >= 0.3 is 0 Å². The smallest absolute Gasteiger partial charge is 0.214 e. The number of hydrogen-bond donors (Lipinski definition) is 1. The highest BCUT2D eigenvalue weighted by Gasteiger charge is 2.28. The molecule has 0 bridgehead atoms. The number of nitrogens with zero attached hydrogens (tertiary/aromatic N) is 1. The van der Waals surface area contributed by atoms with E-state index in [0.29, 0.717) is 24.8 Å². The van der Waals surface area contributed by atoms with Crippen molar-refractivity contribution in [3.05, 3.63) is 0 Å². The Morgan fingerprint density at radius 3 is 2.37 bits per heavy atom. The van der Waals surface area contributed by atoms with Crippen molar-refractivity contribution in [1.29, 1.82) is 0 Å². The van der Waals surface area contributed by atoms with E-state index in [9.17, 15) is 8.42 Å². The molecule has 0 amide bonds. The van der Waals surface area contributed by atoms with Crippen LogP contribution in [0.25, 0.3) is 0 Å². The molecular weight excluding hydrogens is 284 g/mol. The van der Waals surface area contributed by atoms with E-state index in [1.54, 1.807) is 4.31 Å². The second-order valence-electron chi connectivity index (χ2n) is 5.57. The van der Waals surface area contributed by atoms with Gasteiger partial charge in [-0.2, -0.15) is 0 Å². The molecule has 1 aliphatic heterocycles. The van der Waals surface area contributed by atoms with Gasteiger partial charge in [0.15, 0.2) is 0 Å². The van der Waals surface area contributed by atoms with E-state index in [2.05, 4.69) is 12.2 Å². The zero-order chi connectivity index (χ0) is 13.6. The average Bonchev–Trinajstić information content (AvgIpc) is 2.29. The average molecular weight is 313 g/mol. The van der Waals surface area contributed by atoms with Crippen molar-refractivity contribution in [2.45, 2.75) is 39.5 Å². The van der Waals surface area contributed by atoms with Crippen LogP contribution >= 0.6 is 12.4 Å². The van der Waals surface area contributed by atoms with E-state index < -0.39 is 10.0 Å². The molecule has 6 heteroatoms. The molecule has 0 saturated carbocycles. The van der Waals surface area contributed by atoms with E-state index in [0.717, 1.165) is 32.2 Å². The molecule has 1 rings (SSSR count). The highest BCUT2D eigenvalue weighted by atomic mass is 35.5. The molecule has 1 heterocycles. The van der Waals surface area contributed by atoms with Gasteiger partial charge in [0, 0.05) is 13.1 Å². The predicted molar refractivity (Wildman–Crippen MR) is 83.3 cm³/mol. The van der Waals surface area contributed by atoms with Crippen LogP contribution < -0.4 is 5.32 Å². The summed E-state index contributed by atoms with van der Waals surface area (Å²) in [5, 5.41) is 3.17. The summed E-state index contributed by atoms with van der Waals surface area (Å²) in [5.41, 5.74) is 0. The number of hydrogen-bond acceptors (Lipinski definition) is 3. The first-order valence-electron chi connectivity index (χ1n) is 7.12. The molecule has 0 aromatic rings. The van der Waals surface area contributed by atoms with Crippen molar-refractivity contribution in [1.82, 2.24) is 9.62 Å². The van der Waals surface area contributed by atoms with Gasteiger partial charge in [0.2, 0.25) is 10.0 Å². The van der Waals surface area contributed by atoms with Crippen molar-refractivity contribution >= 4 is 22.4 Å². The Kier molecular flexibility index (Phi) is 9.24. The highest BCUT2D eigenvalue weighted by molar-refractivity contribution is 7.89. The molecule has 0 aromatic carbocycles. The molecule has 1 saturated heterocycles. The lowest BCUT2D eigenvalue weighted by atomic mass is 9.98. The minimum absolute atomic E-state index is 0. The summed E-state index contributed by atoms with van der Waals surface area (Å²) in [6, 6.07) is 0. The molecule has 1 atom stereocenters. The van der Waals surface area contributed by atoms with Crippen LogP contribution in [0.4, 0.5) is 0 Å². The van der Waals surface area contributed by atoms with Crippen molar-refractivity contribution in [2.75, 3.05) is 32.4 Å². The van der Waals surface area contributed by atoms with Crippen molar-refractivity contribution < 1.29 is 8.42 Å². The maximum Gasteiger partial charge on any atom is 0.214 e. The Hall–Kier alpha value is 0.160. The molecule has 0 aliphatic carbocycles. The minimum atomic E-state index is -3.03. The third-order valence-electron chi connectivity index (χ3n) is 3.74. The third kappa shape index (κ3) is 6.43. The number of piperidine rings is 1. The normalized spacial score (nSPS) is 19.9. The van der Waals surface area contributed by atoms with Crippen LogP contribution in [0, 0.1) is 11.8 Å². The lowest BCUT2D eigenvalue weighted by Crippen LogP contribution is -2.42. The summed E-state index contributed by atoms with van der Waals surface area (Å²) in [4.78, 5) is 0. The summed E-state index contributed by atoms with van der Waals surface area (Å²) in [5.74, 6) is 1.22. The van der Waals surface area contributed by atoms with Gasteiger partial charge in [-0.1, -0.05) is 20.3 Å². The van der Waals surface area contributed by atoms with Crippen LogP contribution in [0.2, 0.25) is 0 Å². The molecule has 1 N–H and O–H groups in total. The lowest BCUT2D eigenvalue weighted by Gasteiger charge is -2.31. The predicted octanol–water partition coefficient (Wildman–Crippen LogP) is 2.11. The van der Waals surface area contributed by atoms with Gasteiger partial charge in [0.25, 0.3) is 0 Å². The zero-order valence-electron chi connectivity index (χ0n) is 12.4. The molecule has 19 heavy (non-hydrogen) atoms. The van der Waals surface area contributed by atoms with E-state index in [1.165, 1.54) is 0 Å². The second-order valence-corrected chi connectivity index (χ2v) is 7.59. The van der Waals surface area contributed by atoms with E-state index in [-0.39, 0.29) is 18.3 Å². The topological polar surface area (TPSA) is 49.4 Å². The number of sulfonamides is 1. The van der Waals surface area contributed by atoms with Crippen LogP contribution in [0.3, 0.4) is 0 Å². The number of rotatable bonds is 7. The van der Waals surface area contributed by atoms with Crippen LogP contribution in [0.1, 0.15) is 39.5 Å². The van der Waals surface area contributed by atoms with Crippen molar-refractivity contribution in [2.24, 2.45) is 11.8 Å². The highest BCUT2D eigenvalue weighted by Crippen LogP contribution is 2.21. The fourth-order valence-corrected chi connectivity index (χ4v) is 4.59. The van der Waals surface area contributed by atoms with Gasteiger partial charge in [-0.05, 0) is 44.7 Å². The quantitative estimate of drug-likeness (QED) is 0.783. The van der Waals surface area contributed by atoms with Crippen LogP contribution in [-0.2, 0) is 10.0 Å². The first kappa shape index (κ1) is 19.2. The molecule has 1 fully saturated rings. The van der Waals surface area contributed by atoms with Gasteiger partial charge in [0.05, 0.1) is 5.75 Å². The Morgan fingerprint density at radius 2 is 1.89 bits per heavy atom. The van der Waals surface area contributed by atoms with Gasteiger partial charge in [0.1, 0.15) is 0 Å². The minimum Gasteiger partial charge on any atom is -0.319 e. The summed E-state index contributed by atoms with van der Waals surface area (Å²) in [6.07, 6.45) is 4.03. The summed E-state index contributed by atoms with van der Waals surface area (Å²) in [6.45, 7) is 6.54. The van der Waals surface area contributed by atoms with E-state index in [1.807, 2.05) is 14.0 Å². The molecule has 0 aromatic heterocycles. The summed E-state index contributed by atoms with van der Waals surface area (Å²) < 4.78 is 26.2. The van der Waals surface area contributed by atoms with Crippen LogP contribution in [0.5, 0.6) is 0 Å². The van der Waals surface area contributed by atoms with Crippen LogP contribution in [0.15, 0.2) is 0 Å². The molecule has 1 aliphatic rings. The Bertz CT molecular complexity index is 328. The van der Waals surface area contributed by atoms with Crippen molar-refractivity contribution in [3.8, 4) is 0 Å². The maximum atomic E-state index is 12.2. The summed E-state index contributed by atoms with van der Waals surface area (Å²) >= 11 is 0. The Labute approximate surface area is 124 Å². The van der Waals surface area contributed by atoms with Gasteiger partial charge in [-0.25, -0.2) is 12.7 Å². The summed E-state index contributed by atoms with van der Waals surface area (Å²) in [7, 11) is -1.08. The maximum absolute atomic E-state index is 12.2. The standard InChI is InChI=1S/C13H28N2O2S.ClH/c1-4-5-12(2)11-18(16,17)15-8-6-13(7-9-15)10-14-3;/h12-14H,4-11H2,1-3H3;1H. The molecular formula is C13H29ClN2O2S. The third-order valence-corrected chi connectivity index (χ3v) is 5.88. The monoisotopic (exact) mass is 312 g/mol. The first-order chi connectivity index (χ1) is 8.49. The molecule has 4 nitrogen and oxygen atoms in total.